The number of hydrazine groups is 1. The smallest absolute Gasteiger partial charge is 0.422 e. The van der Waals surface area contributed by atoms with Gasteiger partial charge in [-0.1, -0.05) is 44.2 Å². The molecule has 2 aromatic rings. The molecule has 3 heterocycles. The van der Waals surface area contributed by atoms with E-state index in [1.54, 1.807) is 31.2 Å². The van der Waals surface area contributed by atoms with Crippen LogP contribution in [0.4, 0.5) is 18.0 Å². The van der Waals surface area contributed by atoms with Gasteiger partial charge in [-0.2, -0.15) is 4.98 Å². The van der Waals surface area contributed by atoms with Gasteiger partial charge in [0.05, 0.1) is 13.7 Å². The van der Waals surface area contributed by atoms with E-state index in [-0.39, 0.29) is 49.9 Å². The number of ether oxygens (including phenoxy) is 3. The number of alkyl halides is 3. The largest absolute Gasteiger partial charge is 0.481 e. The number of nitrogens with one attached hydrogen (secondary N) is 4. The average molecular weight is 851 g/mol. The number of carbonyl (C=O) groups excluding carboxylic acids is 4. The molecule has 2 saturated carbocycles. The van der Waals surface area contributed by atoms with Gasteiger partial charge >= 0.3 is 6.09 Å². The zero-order valence-electron chi connectivity index (χ0n) is 34.0. The Hall–Kier alpha value is -4.65. The molecule has 4 aliphatic rings. The van der Waals surface area contributed by atoms with E-state index < -0.39 is 92.3 Å². The molecule has 0 bridgehead atoms. The number of allylic oxidation sites excluding steroid dienone is 1. The number of methoxy groups -OCH3 is 1. The first kappa shape index (κ1) is 43.9. The Balaban J connectivity index is 1.34. The van der Waals surface area contributed by atoms with Crippen LogP contribution in [0.1, 0.15) is 79.6 Å². The molecular formula is C40H53F3N6O9S. The molecular weight excluding hydrogens is 798 g/mol. The first-order chi connectivity index (χ1) is 27.7. The van der Waals surface area contributed by atoms with Crippen molar-refractivity contribution in [3.8, 4) is 11.8 Å². The summed E-state index contributed by atoms with van der Waals surface area (Å²) in [6.45, 7) is 5.13. The summed E-state index contributed by atoms with van der Waals surface area (Å²) in [4.78, 5) is 61.9. The Morgan fingerprint density at radius 3 is 2.47 bits per heavy atom. The Labute approximate surface area is 341 Å². The van der Waals surface area contributed by atoms with Crippen molar-refractivity contribution >= 4 is 44.6 Å². The minimum Gasteiger partial charge on any atom is -0.481 e. The zero-order valence-corrected chi connectivity index (χ0v) is 34.8. The van der Waals surface area contributed by atoms with Crippen LogP contribution in [0.25, 0.3) is 10.8 Å². The second-order valence-electron chi connectivity index (χ2n) is 17.1. The van der Waals surface area contributed by atoms with Crippen molar-refractivity contribution in [3.05, 3.63) is 42.5 Å². The van der Waals surface area contributed by atoms with E-state index in [1.165, 1.54) is 12.0 Å². The fourth-order valence-corrected chi connectivity index (χ4v) is 9.16. The molecule has 7 atom stereocenters. The molecule has 2 aliphatic carbocycles. The number of nitrogens with zero attached hydrogens (tertiary/aromatic N) is 2. The maximum atomic E-state index is 14.8. The highest BCUT2D eigenvalue weighted by Gasteiger charge is 2.64. The van der Waals surface area contributed by atoms with Gasteiger partial charge in [0.25, 0.3) is 11.8 Å². The summed E-state index contributed by atoms with van der Waals surface area (Å²) in [5.74, 6) is -6.50. The van der Waals surface area contributed by atoms with Gasteiger partial charge in [-0.25, -0.2) is 31.8 Å². The molecule has 324 valence electrons. The lowest BCUT2D eigenvalue weighted by molar-refractivity contribution is -0.151. The van der Waals surface area contributed by atoms with Gasteiger partial charge in [-0.15, -0.1) is 0 Å². The predicted molar refractivity (Wildman–Crippen MR) is 209 cm³/mol. The van der Waals surface area contributed by atoms with E-state index in [9.17, 15) is 40.8 Å². The number of rotatable bonds is 11. The fraction of sp³-hybridized carbons (Fsp3) is 0.625. The van der Waals surface area contributed by atoms with Crippen molar-refractivity contribution in [2.75, 3.05) is 20.3 Å². The van der Waals surface area contributed by atoms with Crippen LogP contribution in [-0.2, 0) is 29.1 Å². The number of aromatic nitrogens is 1. The Morgan fingerprint density at radius 2 is 1.81 bits per heavy atom. The van der Waals surface area contributed by atoms with Crippen LogP contribution < -0.4 is 30.4 Å². The van der Waals surface area contributed by atoms with E-state index >= 15 is 0 Å². The number of carbonyl (C=O) groups is 4. The first-order valence-electron chi connectivity index (χ1n) is 19.8. The summed E-state index contributed by atoms with van der Waals surface area (Å²) >= 11 is 0. The van der Waals surface area contributed by atoms with Crippen molar-refractivity contribution < 1.29 is 55.0 Å². The van der Waals surface area contributed by atoms with Crippen LogP contribution >= 0.6 is 0 Å². The molecule has 59 heavy (non-hydrogen) atoms. The highest BCUT2D eigenvalue weighted by molar-refractivity contribution is 7.91. The predicted octanol–water partition coefficient (Wildman–Crippen LogP) is 4.46. The van der Waals surface area contributed by atoms with E-state index in [0.29, 0.717) is 31.6 Å². The summed E-state index contributed by atoms with van der Waals surface area (Å²) < 4.78 is 85.9. The molecule has 19 heteroatoms. The van der Waals surface area contributed by atoms with Gasteiger partial charge in [-0.3, -0.25) is 24.5 Å². The monoisotopic (exact) mass is 850 g/mol. The van der Waals surface area contributed by atoms with Crippen LogP contribution in [-0.4, -0.2) is 102 Å². The lowest BCUT2D eigenvalue weighted by Crippen LogP contribution is -2.61. The van der Waals surface area contributed by atoms with Gasteiger partial charge < -0.3 is 24.4 Å². The molecule has 2 aliphatic heterocycles. The van der Waals surface area contributed by atoms with Crippen molar-refractivity contribution in [1.82, 2.24) is 30.8 Å². The molecule has 0 unspecified atom stereocenters. The maximum Gasteiger partial charge on any atom is 0.422 e. The fourth-order valence-electron chi connectivity index (χ4n) is 7.73. The van der Waals surface area contributed by atoms with Crippen LogP contribution in [0.5, 0.6) is 11.8 Å². The minimum atomic E-state index is -4.44. The molecule has 1 aromatic heterocycles. The van der Waals surface area contributed by atoms with Gasteiger partial charge in [0.2, 0.25) is 33.6 Å². The minimum absolute atomic E-state index is 0.0204. The normalized spacial score (nSPS) is 29.1. The first-order valence-corrected chi connectivity index (χ1v) is 21.3. The molecule has 4 N–H and O–H groups in total. The second-order valence-corrected chi connectivity index (χ2v) is 19.1. The summed E-state index contributed by atoms with van der Waals surface area (Å²) in [7, 11) is -2.99. The molecule has 0 radical (unpaired) electrons. The number of hydrogen-bond acceptors (Lipinski definition) is 11. The summed E-state index contributed by atoms with van der Waals surface area (Å²) in [6, 6.07) is 6.47. The van der Waals surface area contributed by atoms with Crippen molar-refractivity contribution in [2.45, 2.75) is 120 Å². The SMILES string of the molecule is COc1cc2ccccc2c(O[C@@H]2C[C@H]3C(=O)N[C@]4(C(=O)NS(=O)(=O)C5(CF)CC5)C[C@H]4/C=C\CC[C@H](C)C[C@@H](C)[C@H](NNC(=O)OC(C)(C)C(C)(F)F)C(=O)N3C2)n1. The van der Waals surface area contributed by atoms with E-state index in [0.717, 1.165) is 19.2 Å². The third-order valence-corrected chi connectivity index (χ3v) is 14.3. The third-order valence-electron chi connectivity index (χ3n) is 12.2. The number of fused-ring (bicyclic) bond motifs is 3. The van der Waals surface area contributed by atoms with Crippen molar-refractivity contribution in [2.24, 2.45) is 17.8 Å². The van der Waals surface area contributed by atoms with Gasteiger partial charge in [0.15, 0.2) is 5.60 Å². The molecule has 1 saturated heterocycles. The maximum absolute atomic E-state index is 14.8. The molecule has 0 spiro atoms. The van der Waals surface area contributed by atoms with Gasteiger partial charge in [0, 0.05) is 30.7 Å². The summed E-state index contributed by atoms with van der Waals surface area (Å²) in [5.41, 5.74) is 1.03. The number of benzene rings is 1. The molecule has 15 nitrogen and oxygen atoms in total. The average Bonchev–Trinajstić information content (AvgIpc) is 4.07. The van der Waals surface area contributed by atoms with Crippen LogP contribution in [0.2, 0.25) is 0 Å². The number of sulfonamides is 1. The van der Waals surface area contributed by atoms with Gasteiger partial charge in [0.1, 0.15) is 35.1 Å². The highest BCUT2D eigenvalue weighted by Crippen LogP contribution is 2.48. The van der Waals surface area contributed by atoms with Crippen LogP contribution in [0, 0.1) is 17.8 Å². The highest BCUT2D eigenvalue weighted by atomic mass is 32.2. The second kappa shape index (κ2) is 16.4. The quantitative estimate of drug-likeness (QED) is 0.184. The Bertz CT molecular complexity index is 2100. The number of amides is 4. The van der Waals surface area contributed by atoms with E-state index in [1.807, 2.05) is 29.9 Å². The van der Waals surface area contributed by atoms with E-state index in [2.05, 4.69) is 21.2 Å². The zero-order chi connectivity index (χ0) is 43.1. The summed E-state index contributed by atoms with van der Waals surface area (Å²) in [6.07, 6.45) is 3.21. The number of pyridine rings is 1. The molecule has 4 amide bonds. The molecule has 6 rings (SSSR count). The summed E-state index contributed by atoms with van der Waals surface area (Å²) in [5, 5.41) is 4.15. The number of hydrogen-bond donors (Lipinski definition) is 4. The third kappa shape index (κ3) is 9.10. The Kier molecular flexibility index (Phi) is 12.2. The van der Waals surface area contributed by atoms with Crippen molar-refractivity contribution in [3.63, 3.8) is 0 Å². The lowest BCUT2D eigenvalue weighted by Gasteiger charge is -2.34. The van der Waals surface area contributed by atoms with Crippen LogP contribution in [0.15, 0.2) is 42.5 Å². The Morgan fingerprint density at radius 1 is 1.10 bits per heavy atom. The van der Waals surface area contributed by atoms with Crippen LogP contribution in [0.3, 0.4) is 0 Å². The number of halogens is 3. The van der Waals surface area contributed by atoms with E-state index in [4.69, 9.17) is 14.2 Å². The molecule has 1 aromatic carbocycles. The lowest BCUT2D eigenvalue weighted by atomic mass is 9.88. The topological polar surface area (TPSA) is 194 Å². The van der Waals surface area contributed by atoms with Gasteiger partial charge in [-0.05, 0) is 75.7 Å². The molecule has 3 fully saturated rings. The standard InChI is InChI=1S/C40H53F3N6O9S/c1-23-11-7-9-13-26-20-40(26,35(52)48-59(54,55)39(22-41)15-16-39)45-32(50)29-19-27(57-33-28-14-10-8-12-25(28)18-30(44-33)56-6)21-49(29)34(51)31(24(2)17-23)46-47-36(53)58-37(3,4)38(5,42)43/h8-10,12-14,18,23-24,26-27,29,31,46H,7,11,15-17,19-22H2,1-6H3,(H,45,50)(H,47,53)(H,48,52)/b13-9-/t23-,24+,26+,27+,29-,31-,40+/m0/s1. The van der Waals surface area contributed by atoms with Crippen molar-refractivity contribution in [1.29, 1.82) is 0 Å².